The van der Waals surface area contributed by atoms with Gasteiger partial charge in [0.05, 0.1) is 23.7 Å². The van der Waals surface area contributed by atoms with Crippen molar-refractivity contribution in [1.82, 2.24) is 4.98 Å². The quantitative estimate of drug-likeness (QED) is 0.754. The van der Waals surface area contributed by atoms with E-state index in [9.17, 15) is 4.79 Å². The van der Waals surface area contributed by atoms with Crippen LogP contribution in [0.25, 0.3) is 0 Å². The van der Waals surface area contributed by atoms with Gasteiger partial charge in [-0.3, -0.25) is 9.78 Å². The predicted octanol–water partition coefficient (Wildman–Crippen LogP) is 1.80. The van der Waals surface area contributed by atoms with Gasteiger partial charge in [-0.1, -0.05) is 0 Å². The van der Waals surface area contributed by atoms with Crippen molar-refractivity contribution < 1.29 is 9.21 Å². The minimum atomic E-state index is -0.152. The second-order valence-electron chi connectivity index (χ2n) is 3.27. The summed E-state index contributed by atoms with van der Waals surface area (Å²) in [6.45, 7) is 1.81. The highest BCUT2D eigenvalue weighted by atomic mass is 16.3. The number of furan rings is 1. The molecule has 0 saturated carbocycles. The average Bonchev–Trinajstić information content (AvgIpc) is 2.65. The first-order valence-electron chi connectivity index (χ1n) is 4.47. The molecule has 4 heteroatoms. The summed E-state index contributed by atoms with van der Waals surface area (Å²) in [5, 5.41) is 0. The van der Waals surface area contributed by atoms with E-state index >= 15 is 0 Å². The molecule has 2 heterocycles. The van der Waals surface area contributed by atoms with E-state index in [-0.39, 0.29) is 5.78 Å². The highest BCUT2D eigenvalue weighted by Gasteiger charge is 2.14. The smallest absolute Gasteiger partial charge is 0.214 e. The molecule has 0 amide bonds. The van der Waals surface area contributed by atoms with Crippen molar-refractivity contribution in [3.63, 3.8) is 0 Å². The molecule has 2 N–H and O–H groups in total. The van der Waals surface area contributed by atoms with Crippen molar-refractivity contribution in [2.75, 3.05) is 5.73 Å². The Labute approximate surface area is 86.7 Å². The molecule has 0 fully saturated rings. The van der Waals surface area contributed by atoms with Gasteiger partial charge in [0.25, 0.3) is 0 Å². The Balaban J connectivity index is 2.37. The van der Waals surface area contributed by atoms with E-state index < -0.39 is 0 Å². The number of hydrogen-bond acceptors (Lipinski definition) is 4. The third-order valence-electron chi connectivity index (χ3n) is 2.12. The number of carbonyl (C=O) groups excluding carboxylic acids is 1. The topological polar surface area (TPSA) is 69.1 Å². The van der Waals surface area contributed by atoms with Crippen LogP contribution in [0.1, 0.15) is 21.6 Å². The molecule has 0 radical (unpaired) electrons. The lowest BCUT2D eigenvalue weighted by atomic mass is 10.1. The van der Waals surface area contributed by atoms with E-state index in [1.807, 2.05) is 6.92 Å². The number of ketones is 1. The lowest BCUT2D eigenvalue weighted by Crippen LogP contribution is -2.04. The zero-order valence-corrected chi connectivity index (χ0v) is 8.23. The zero-order chi connectivity index (χ0) is 10.8. The van der Waals surface area contributed by atoms with E-state index in [0.717, 1.165) is 5.56 Å². The van der Waals surface area contributed by atoms with Gasteiger partial charge >= 0.3 is 0 Å². The van der Waals surface area contributed by atoms with Crippen LogP contribution in [0.5, 0.6) is 0 Å². The van der Waals surface area contributed by atoms with E-state index in [0.29, 0.717) is 16.9 Å². The first kappa shape index (κ1) is 9.45. The normalized spacial score (nSPS) is 10.2. The first-order valence-corrected chi connectivity index (χ1v) is 4.47. The third-order valence-corrected chi connectivity index (χ3v) is 2.12. The van der Waals surface area contributed by atoms with Gasteiger partial charge < -0.3 is 10.2 Å². The fourth-order valence-corrected chi connectivity index (χ4v) is 1.27. The highest BCUT2D eigenvalue weighted by Crippen LogP contribution is 2.14. The number of nitrogens with zero attached hydrogens (tertiary/aromatic N) is 1. The number of nitrogen functional groups attached to an aromatic ring is 1. The van der Waals surface area contributed by atoms with Crippen molar-refractivity contribution in [1.29, 1.82) is 0 Å². The maximum atomic E-state index is 11.9. The SMILES string of the molecule is Cc1cocc1C(=O)c1ccc(N)cn1. The van der Waals surface area contributed by atoms with Gasteiger partial charge in [-0.2, -0.15) is 0 Å². The summed E-state index contributed by atoms with van der Waals surface area (Å²) in [5.74, 6) is -0.152. The highest BCUT2D eigenvalue weighted by molar-refractivity contribution is 6.08. The van der Waals surface area contributed by atoms with Crippen molar-refractivity contribution in [3.8, 4) is 0 Å². The first-order chi connectivity index (χ1) is 7.18. The summed E-state index contributed by atoms with van der Waals surface area (Å²) >= 11 is 0. The molecule has 0 saturated heterocycles. The molecule has 0 aromatic carbocycles. The summed E-state index contributed by atoms with van der Waals surface area (Å²) in [6.07, 6.45) is 4.42. The number of aryl methyl sites for hydroxylation is 1. The number of carbonyl (C=O) groups is 1. The maximum absolute atomic E-state index is 11.9. The van der Waals surface area contributed by atoms with Gasteiger partial charge in [0.15, 0.2) is 0 Å². The molecule has 0 unspecified atom stereocenters. The number of nitrogens with two attached hydrogens (primary N) is 1. The molecule has 4 nitrogen and oxygen atoms in total. The van der Waals surface area contributed by atoms with Gasteiger partial charge in [-0.05, 0) is 24.6 Å². The molecule has 0 aliphatic heterocycles. The molecule has 0 atom stereocenters. The third kappa shape index (κ3) is 1.74. The van der Waals surface area contributed by atoms with Crippen LogP contribution in [0.3, 0.4) is 0 Å². The Bertz CT molecular complexity index is 486. The minimum Gasteiger partial charge on any atom is -0.472 e. The Morgan fingerprint density at radius 1 is 1.40 bits per heavy atom. The van der Waals surface area contributed by atoms with Crippen LogP contribution >= 0.6 is 0 Å². The van der Waals surface area contributed by atoms with Crippen molar-refractivity contribution in [3.05, 3.63) is 47.7 Å². The molecule has 0 spiro atoms. The van der Waals surface area contributed by atoms with Gasteiger partial charge in [-0.25, -0.2) is 0 Å². The number of anilines is 1. The van der Waals surface area contributed by atoms with Crippen LogP contribution in [0.4, 0.5) is 5.69 Å². The molecular weight excluding hydrogens is 192 g/mol. The van der Waals surface area contributed by atoms with Crippen LogP contribution < -0.4 is 5.73 Å². The Kier molecular flexibility index (Phi) is 2.25. The summed E-state index contributed by atoms with van der Waals surface area (Å²) < 4.78 is 4.94. The van der Waals surface area contributed by atoms with Gasteiger partial charge in [0, 0.05) is 0 Å². The van der Waals surface area contributed by atoms with E-state index in [1.165, 1.54) is 18.7 Å². The summed E-state index contributed by atoms with van der Waals surface area (Å²) in [4.78, 5) is 15.8. The summed E-state index contributed by atoms with van der Waals surface area (Å²) in [5.41, 5.74) is 7.73. The lowest BCUT2D eigenvalue weighted by Gasteiger charge is -1.98. The van der Waals surface area contributed by atoms with Crippen LogP contribution in [-0.2, 0) is 0 Å². The summed E-state index contributed by atoms with van der Waals surface area (Å²) in [6, 6.07) is 3.25. The lowest BCUT2D eigenvalue weighted by molar-refractivity contribution is 0.103. The average molecular weight is 202 g/mol. The van der Waals surface area contributed by atoms with E-state index in [1.54, 1.807) is 12.1 Å². The molecular formula is C11H10N2O2. The van der Waals surface area contributed by atoms with Gasteiger partial charge in [0.1, 0.15) is 12.0 Å². The van der Waals surface area contributed by atoms with Crippen LogP contribution in [-0.4, -0.2) is 10.8 Å². The van der Waals surface area contributed by atoms with Crippen molar-refractivity contribution in [2.45, 2.75) is 6.92 Å². The molecule has 0 aliphatic carbocycles. The maximum Gasteiger partial charge on any atom is 0.214 e. The number of aromatic nitrogens is 1. The summed E-state index contributed by atoms with van der Waals surface area (Å²) in [7, 11) is 0. The molecule has 0 aliphatic rings. The monoisotopic (exact) mass is 202 g/mol. The number of rotatable bonds is 2. The van der Waals surface area contributed by atoms with Crippen LogP contribution in [0.2, 0.25) is 0 Å². The number of hydrogen-bond donors (Lipinski definition) is 1. The second-order valence-corrected chi connectivity index (χ2v) is 3.27. The molecule has 0 bridgehead atoms. The van der Waals surface area contributed by atoms with E-state index in [4.69, 9.17) is 10.2 Å². The Morgan fingerprint density at radius 2 is 2.20 bits per heavy atom. The van der Waals surface area contributed by atoms with Crippen LogP contribution in [0, 0.1) is 6.92 Å². The van der Waals surface area contributed by atoms with Crippen molar-refractivity contribution >= 4 is 11.5 Å². The van der Waals surface area contributed by atoms with Gasteiger partial charge in [-0.15, -0.1) is 0 Å². The molecule has 2 aromatic rings. The fourth-order valence-electron chi connectivity index (χ4n) is 1.27. The predicted molar refractivity (Wildman–Crippen MR) is 55.5 cm³/mol. The standard InChI is InChI=1S/C11H10N2O2/c1-7-5-15-6-9(7)11(14)10-3-2-8(12)4-13-10/h2-6H,12H2,1H3. The molecule has 2 aromatic heterocycles. The van der Waals surface area contributed by atoms with Gasteiger partial charge in [0.2, 0.25) is 5.78 Å². The number of pyridine rings is 1. The van der Waals surface area contributed by atoms with Crippen LogP contribution in [0.15, 0.2) is 35.3 Å². The van der Waals surface area contributed by atoms with E-state index in [2.05, 4.69) is 4.98 Å². The zero-order valence-electron chi connectivity index (χ0n) is 8.23. The minimum absolute atomic E-state index is 0.152. The second kappa shape index (κ2) is 3.57. The molecule has 2 rings (SSSR count). The molecule has 76 valence electrons. The fraction of sp³-hybridized carbons (Fsp3) is 0.0909. The Morgan fingerprint density at radius 3 is 2.73 bits per heavy atom. The molecule has 15 heavy (non-hydrogen) atoms. The Hall–Kier alpha value is -2.10. The largest absolute Gasteiger partial charge is 0.472 e. The van der Waals surface area contributed by atoms with Crippen molar-refractivity contribution in [2.24, 2.45) is 0 Å².